The van der Waals surface area contributed by atoms with Gasteiger partial charge in [0.05, 0.1) is 7.11 Å². The molecule has 0 aliphatic rings. The van der Waals surface area contributed by atoms with Gasteiger partial charge in [0.15, 0.2) is 0 Å². The van der Waals surface area contributed by atoms with Crippen molar-refractivity contribution in [3.63, 3.8) is 0 Å². The van der Waals surface area contributed by atoms with Gasteiger partial charge in [0.2, 0.25) is 10.0 Å². The first-order valence-electron chi connectivity index (χ1n) is 6.90. The molecule has 114 valence electrons. The van der Waals surface area contributed by atoms with Crippen molar-refractivity contribution >= 4 is 10.0 Å². The van der Waals surface area contributed by atoms with Gasteiger partial charge in [-0.05, 0) is 38.2 Å². The van der Waals surface area contributed by atoms with Gasteiger partial charge in [-0.2, -0.15) is 0 Å². The molecule has 0 atom stereocenters. The Morgan fingerprint density at radius 1 is 1.20 bits per heavy atom. The van der Waals surface area contributed by atoms with E-state index in [1.807, 2.05) is 0 Å². The average Bonchev–Trinajstić information content (AvgIpc) is 2.47. The van der Waals surface area contributed by atoms with Crippen molar-refractivity contribution in [1.82, 2.24) is 9.62 Å². The molecule has 5 nitrogen and oxygen atoms in total. The summed E-state index contributed by atoms with van der Waals surface area (Å²) < 4.78 is 32.1. The lowest BCUT2D eigenvalue weighted by Gasteiger charge is -2.17. The van der Waals surface area contributed by atoms with Crippen LogP contribution in [0.15, 0.2) is 29.2 Å². The summed E-state index contributed by atoms with van der Waals surface area (Å²) in [7, 11) is -2.04. The summed E-state index contributed by atoms with van der Waals surface area (Å²) in [4.78, 5) is 2.45. The fourth-order valence-corrected chi connectivity index (χ4v) is 3.21. The molecular formula is C14H24N2O3S. The van der Waals surface area contributed by atoms with Gasteiger partial charge in [0, 0.05) is 6.54 Å². The maximum atomic E-state index is 12.2. The Morgan fingerprint density at radius 2 is 1.85 bits per heavy atom. The number of sulfonamides is 1. The van der Waals surface area contributed by atoms with Gasteiger partial charge < -0.3 is 9.64 Å². The van der Waals surface area contributed by atoms with E-state index < -0.39 is 10.0 Å². The highest BCUT2D eigenvalue weighted by Crippen LogP contribution is 2.22. The van der Waals surface area contributed by atoms with E-state index in [-0.39, 0.29) is 4.90 Å². The molecule has 0 spiro atoms. The average molecular weight is 300 g/mol. The predicted molar refractivity (Wildman–Crippen MR) is 80.6 cm³/mol. The Kier molecular flexibility index (Phi) is 6.98. The van der Waals surface area contributed by atoms with Crippen LogP contribution in [0.2, 0.25) is 0 Å². The van der Waals surface area contributed by atoms with Crippen LogP contribution in [0.25, 0.3) is 0 Å². The third-order valence-electron chi connectivity index (χ3n) is 3.20. The van der Waals surface area contributed by atoms with E-state index in [9.17, 15) is 8.42 Å². The standard InChI is InChI=1S/C14H24N2O3S/c1-4-16(5-2)12-8-11-15-20(17,18)14-10-7-6-9-13(14)19-3/h6-7,9-10,15H,4-5,8,11-12H2,1-3H3. The third kappa shape index (κ3) is 4.77. The summed E-state index contributed by atoms with van der Waals surface area (Å²) in [6.45, 7) is 7.48. The molecule has 1 rings (SSSR count). The summed E-state index contributed by atoms with van der Waals surface area (Å²) in [5, 5.41) is 0. The highest BCUT2D eigenvalue weighted by molar-refractivity contribution is 7.89. The molecule has 6 heteroatoms. The van der Waals surface area contributed by atoms with Crippen molar-refractivity contribution in [2.75, 3.05) is 33.3 Å². The second-order valence-corrected chi connectivity index (χ2v) is 6.16. The van der Waals surface area contributed by atoms with Gasteiger partial charge in [-0.25, -0.2) is 13.1 Å². The van der Waals surface area contributed by atoms with Gasteiger partial charge in [0.25, 0.3) is 0 Å². The van der Waals surface area contributed by atoms with Crippen LogP contribution in [0.3, 0.4) is 0 Å². The van der Waals surface area contributed by atoms with Gasteiger partial charge in [0.1, 0.15) is 10.6 Å². The van der Waals surface area contributed by atoms with Crippen molar-refractivity contribution in [3.8, 4) is 5.75 Å². The largest absolute Gasteiger partial charge is 0.495 e. The molecule has 20 heavy (non-hydrogen) atoms. The molecule has 0 aliphatic carbocycles. The van der Waals surface area contributed by atoms with Crippen LogP contribution in [0.4, 0.5) is 0 Å². The minimum absolute atomic E-state index is 0.185. The highest BCUT2D eigenvalue weighted by atomic mass is 32.2. The molecule has 0 aromatic heterocycles. The summed E-state index contributed by atoms with van der Waals surface area (Å²) in [5.74, 6) is 0.365. The maximum Gasteiger partial charge on any atom is 0.244 e. The minimum Gasteiger partial charge on any atom is -0.495 e. The number of rotatable bonds is 9. The van der Waals surface area contributed by atoms with E-state index in [0.29, 0.717) is 12.3 Å². The van der Waals surface area contributed by atoms with Gasteiger partial charge in [-0.15, -0.1) is 0 Å². The smallest absolute Gasteiger partial charge is 0.244 e. The first-order chi connectivity index (χ1) is 9.55. The van der Waals surface area contributed by atoms with Crippen LogP contribution in [-0.4, -0.2) is 46.6 Å². The Morgan fingerprint density at radius 3 is 2.45 bits per heavy atom. The molecular weight excluding hydrogens is 276 g/mol. The van der Waals surface area contributed by atoms with Crippen LogP contribution < -0.4 is 9.46 Å². The molecule has 1 aromatic carbocycles. The van der Waals surface area contributed by atoms with Gasteiger partial charge in [-0.3, -0.25) is 0 Å². The lowest BCUT2D eigenvalue weighted by molar-refractivity contribution is 0.300. The number of ether oxygens (including phenoxy) is 1. The first-order valence-corrected chi connectivity index (χ1v) is 8.38. The molecule has 0 amide bonds. The fraction of sp³-hybridized carbons (Fsp3) is 0.571. The van der Waals surface area contributed by atoms with Crippen molar-refractivity contribution < 1.29 is 13.2 Å². The van der Waals surface area contributed by atoms with Crippen LogP contribution in [0.5, 0.6) is 5.75 Å². The van der Waals surface area contributed by atoms with Crippen molar-refractivity contribution in [1.29, 1.82) is 0 Å². The summed E-state index contributed by atoms with van der Waals surface area (Å²) >= 11 is 0. The molecule has 0 heterocycles. The minimum atomic E-state index is -3.51. The third-order valence-corrected chi connectivity index (χ3v) is 4.70. The summed E-state index contributed by atoms with van der Waals surface area (Å²) in [6.07, 6.45) is 0.788. The SMILES string of the molecule is CCN(CC)CCCNS(=O)(=O)c1ccccc1OC. The van der Waals surface area contributed by atoms with Crippen molar-refractivity contribution in [3.05, 3.63) is 24.3 Å². The van der Waals surface area contributed by atoms with Gasteiger partial charge >= 0.3 is 0 Å². The Balaban J connectivity index is 2.58. The molecule has 0 bridgehead atoms. The number of methoxy groups -OCH3 is 1. The molecule has 0 radical (unpaired) electrons. The number of nitrogens with zero attached hydrogens (tertiary/aromatic N) is 1. The summed E-state index contributed by atoms with van der Waals surface area (Å²) in [5.41, 5.74) is 0. The molecule has 1 aromatic rings. The Bertz CT molecular complexity index is 499. The van der Waals surface area contributed by atoms with Crippen LogP contribution in [0, 0.1) is 0 Å². The molecule has 1 N–H and O–H groups in total. The monoisotopic (exact) mass is 300 g/mol. The van der Waals surface area contributed by atoms with E-state index in [0.717, 1.165) is 26.1 Å². The van der Waals surface area contributed by atoms with Crippen LogP contribution in [-0.2, 0) is 10.0 Å². The maximum absolute atomic E-state index is 12.2. The zero-order valence-corrected chi connectivity index (χ0v) is 13.2. The zero-order valence-electron chi connectivity index (χ0n) is 12.4. The van der Waals surface area contributed by atoms with E-state index in [1.165, 1.54) is 7.11 Å². The summed E-state index contributed by atoms with van der Waals surface area (Å²) in [6, 6.07) is 6.63. The molecule has 0 unspecified atom stereocenters. The number of hydrogen-bond acceptors (Lipinski definition) is 4. The van der Waals surface area contributed by atoms with E-state index in [1.54, 1.807) is 24.3 Å². The van der Waals surface area contributed by atoms with E-state index >= 15 is 0 Å². The van der Waals surface area contributed by atoms with Crippen LogP contribution >= 0.6 is 0 Å². The topological polar surface area (TPSA) is 58.6 Å². The van der Waals surface area contributed by atoms with Gasteiger partial charge in [-0.1, -0.05) is 26.0 Å². The van der Waals surface area contributed by atoms with Crippen molar-refractivity contribution in [2.45, 2.75) is 25.2 Å². The number of hydrogen-bond donors (Lipinski definition) is 1. The molecule has 0 saturated heterocycles. The molecule has 0 fully saturated rings. The van der Waals surface area contributed by atoms with E-state index in [4.69, 9.17) is 4.74 Å². The first kappa shape index (κ1) is 16.9. The molecule has 0 aliphatic heterocycles. The predicted octanol–water partition coefficient (Wildman–Crippen LogP) is 1.71. The Labute approximate surface area is 122 Å². The van der Waals surface area contributed by atoms with Crippen LogP contribution in [0.1, 0.15) is 20.3 Å². The normalized spacial score (nSPS) is 11.8. The lowest BCUT2D eigenvalue weighted by atomic mass is 10.3. The van der Waals surface area contributed by atoms with Crippen molar-refractivity contribution in [2.24, 2.45) is 0 Å². The number of para-hydroxylation sites is 1. The second kappa shape index (κ2) is 8.24. The second-order valence-electron chi connectivity index (χ2n) is 4.43. The zero-order chi connectivity index (χ0) is 15.0. The lowest BCUT2D eigenvalue weighted by Crippen LogP contribution is -2.30. The quantitative estimate of drug-likeness (QED) is 0.705. The number of benzene rings is 1. The highest BCUT2D eigenvalue weighted by Gasteiger charge is 2.18. The Hall–Kier alpha value is -1.11. The van der Waals surface area contributed by atoms with E-state index in [2.05, 4.69) is 23.5 Å². The molecule has 0 saturated carbocycles. The number of nitrogens with one attached hydrogen (secondary N) is 1. The fourth-order valence-electron chi connectivity index (χ4n) is 1.97.